The van der Waals surface area contributed by atoms with E-state index in [1.54, 1.807) is 12.4 Å². The molecule has 0 spiro atoms. The normalized spacial score (nSPS) is 25.9. The number of ether oxygens (including phenoxy) is 1. The van der Waals surface area contributed by atoms with Gasteiger partial charge in [-0.15, -0.1) is 0 Å². The lowest BCUT2D eigenvalue weighted by atomic mass is 9.83. The van der Waals surface area contributed by atoms with Crippen LogP contribution >= 0.6 is 11.6 Å². The summed E-state index contributed by atoms with van der Waals surface area (Å²) in [5.41, 5.74) is 3.59. The number of nitrogens with zero attached hydrogens (tertiary/aromatic N) is 6. The molecule has 0 aromatic carbocycles. The van der Waals surface area contributed by atoms with E-state index >= 15 is 0 Å². The summed E-state index contributed by atoms with van der Waals surface area (Å²) in [5, 5.41) is 4.40. The molecule has 1 aliphatic heterocycles. The molecule has 0 bridgehead atoms. The molecule has 4 aromatic heterocycles. The lowest BCUT2D eigenvalue weighted by Gasteiger charge is -2.42. The summed E-state index contributed by atoms with van der Waals surface area (Å²) in [7, 11) is 0. The first-order valence-electron chi connectivity index (χ1n) is 13.8. The molecule has 1 aliphatic carbocycles. The van der Waals surface area contributed by atoms with E-state index in [2.05, 4.69) is 52.3 Å². The van der Waals surface area contributed by atoms with Gasteiger partial charge in [-0.1, -0.05) is 36.5 Å². The molecule has 2 fully saturated rings. The number of aromatic nitrogens is 6. The smallest absolute Gasteiger partial charge is 0.372 e. The van der Waals surface area contributed by atoms with Gasteiger partial charge in [0.1, 0.15) is 5.69 Å². The second-order valence-corrected chi connectivity index (χ2v) is 11.7. The Morgan fingerprint density at radius 1 is 1.08 bits per heavy atom. The van der Waals surface area contributed by atoms with E-state index in [0.29, 0.717) is 22.3 Å². The van der Waals surface area contributed by atoms with Gasteiger partial charge in [0.15, 0.2) is 0 Å². The number of aromatic amines is 1. The average Bonchev–Trinajstić information content (AvgIpc) is 3.50. The fraction of sp³-hybridized carbons (Fsp3) is 0.536. The summed E-state index contributed by atoms with van der Waals surface area (Å²) in [6.07, 6.45) is 8.34. The maximum atomic E-state index is 11.8. The molecular weight excluding hydrogens is 518 g/mol. The number of rotatable bonds is 5. The average molecular weight is 552 g/mol. The zero-order valence-corrected chi connectivity index (χ0v) is 23.5. The predicted molar refractivity (Wildman–Crippen MR) is 150 cm³/mol. The van der Waals surface area contributed by atoms with Crippen LogP contribution in [-0.2, 0) is 11.3 Å². The molecule has 5 heterocycles. The summed E-state index contributed by atoms with van der Waals surface area (Å²) in [4.78, 5) is 31.3. The predicted octanol–water partition coefficient (Wildman–Crippen LogP) is 5.32. The van der Waals surface area contributed by atoms with E-state index in [4.69, 9.17) is 30.8 Å². The fourth-order valence-corrected chi connectivity index (χ4v) is 6.17. The number of morpholine rings is 1. The molecule has 10 nitrogen and oxygen atoms in total. The standard InChI is InChI=1S/C28H34ClN7O3/c1-15-5-7-19(8-6-15)14-36-25-22(32-27(36)35-13-16(2)38-18(4)17(35)3)10-23(26-33-28(37)39-34-26)31-24(25)20-9-21(29)12-30-11-20/h9-12,15-19H,5-8,13-14H2,1-4H3,(H,33,34,37)/t15-,16?,17-,18-,19-/m1/s1. The number of nitrogens with one attached hydrogen (secondary N) is 1. The van der Waals surface area contributed by atoms with Crippen molar-refractivity contribution in [2.45, 2.75) is 78.2 Å². The van der Waals surface area contributed by atoms with Crippen molar-refractivity contribution in [3.63, 3.8) is 0 Å². The third kappa shape index (κ3) is 5.07. The highest BCUT2D eigenvalue weighted by atomic mass is 35.5. The van der Waals surface area contributed by atoms with Crippen molar-refractivity contribution < 1.29 is 9.26 Å². The Hall–Kier alpha value is -3.24. The van der Waals surface area contributed by atoms with Crippen molar-refractivity contribution in [2.75, 3.05) is 11.4 Å². The van der Waals surface area contributed by atoms with Crippen LogP contribution < -0.4 is 10.7 Å². The van der Waals surface area contributed by atoms with Gasteiger partial charge in [-0.25, -0.2) is 14.8 Å². The van der Waals surface area contributed by atoms with Gasteiger partial charge in [-0.3, -0.25) is 14.5 Å². The van der Waals surface area contributed by atoms with E-state index in [1.165, 1.54) is 25.7 Å². The molecule has 2 aliphatic rings. The van der Waals surface area contributed by atoms with Crippen LogP contribution in [0.1, 0.15) is 53.4 Å². The molecular formula is C28H34ClN7O3. The van der Waals surface area contributed by atoms with Crippen molar-refractivity contribution in [2.24, 2.45) is 11.8 Å². The van der Waals surface area contributed by atoms with Crippen LogP contribution in [0.5, 0.6) is 0 Å². The number of imidazole rings is 1. The highest BCUT2D eigenvalue weighted by Crippen LogP contribution is 2.38. The van der Waals surface area contributed by atoms with Gasteiger partial charge < -0.3 is 14.2 Å². The van der Waals surface area contributed by atoms with E-state index in [9.17, 15) is 4.79 Å². The third-order valence-corrected chi connectivity index (χ3v) is 8.48. The van der Waals surface area contributed by atoms with Crippen LogP contribution in [-0.4, -0.2) is 54.5 Å². The molecule has 4 aromatic rings. The Labute approximate surface area is 231 Å². The second-order valence-electron chi connectivity index (χ2n) is 11.3. The number of fused-ring (bicyclic) bond motifs is 1. The van der Waals surface area contributed by atoms with Crippen molar-refractivity contribution in [3.8, 4) is 22.8 Å². The highest BCUT2D eigenvalue weighted by Gasteiger charge is 2.34. The first kappa shape index (κ1) is 26.0. The number of anilines is 1. The van der Waals surface area contributed by atoms with Crippen molar-refractivity contribution >= 4 is 28.6 Å². The van der Waals surface area contributed by atoms with Crippen molar-refractivity contribution in [1.29, 1.82) is 0 Å². The molecule has 39 heavy (non-hydrogen) atoms. The zero-order chi connectivity index (χ0) is 27.3. The zero-order valence-electron chi connectivity index (χ0n) is 22.7. The van der Waals surface area contributed by atoms with E-state index in [0.717, 1.165) is 41.6 Å². The minimum absolute atomic E-state index is 0.0584. The SMILES string of the molecule is CC1CN(c2nc3cc(-c4noc(=O)[nH]4)nc(-c4cncc(Cl)c4)c3n2C[C@H]2CC[C@H](C)CC2)[C@H](C)[C@@H](C)O1. The molecule has 0 amide bonds. The highest BCUT2D eigenvalue weighted by molar-refractivity contribution is 6.30. The van der Waals surface area contributed by atoms with E-state index < -0.39 is 5.76 Å². The minimum Gasteiger partial charge on any atom is -0.372 e. The topological polar surface area (TPSA) is 115 Å². The van der Waals surface area contributed by atoms with Gasteiger partial charge in [-0.2, -0.15) is 0 Å². The van der Waals surface area contributed by atoms with Crippen LogP contribution in [0.4, 0.5) is 5.95 Å². The lowest BCUT2D eigenvalue weighted by Crippen LogP contribution is -2.53. The maximum Gasteiger partial charge on any atom is 0.439 e. The van der Waals surface area contributed by atoms with Crippen LogP contribution in [0.15, 0.2) is 33.8 Å². The van der Waals surface area contributed by atoms with Crippen LogP contribution in [0, 0.1) is 11.8 Å². The molecule has 11 heteroatoms. The number of hydrogen-bond acceptors (Lipinski definition) is 8. The first-order valence-corrected chi connectivity index (χ1v) is 14.1. The quantitative estimate of drug-likeness (QED) is 0.354. The second kappa shape index (κ2) is 10.4. The molecule has 6 rings (SSSR count). The van der Waals surface area contributed by atoms with Crippen LogP contribution in [0.3, 0.4) is 0 Å². The molecule has 1 saturated carbocycles. The Balaban J connectivity index is 1.58. The summed E-state index contributed by atoms with van der Waals surface area (Å²) < 4.78 is 13.3. The van der Waals surface area contributed by atoms with Gasteiger partial charge in [0.25, 0.3) is 0 Å². The molecule has 1 unspecified atom stereocenters. The number of H-pyrrole nitrogens is 1. The monoisotopic (exact) mass is 551 g/mol. The Morgan fingerprint density at radius 2 is 1.87 bits per heavy atom. The van der Waals surface area contributed by atoms with Crippen LogP contribution in [0.2, 0.25) is 5.02 Å². The Kier molecular flexibility index (Phi) is 6.93. The largest absolute Gasteiger partial charge is 0.439 e. The van der Waals surface area contributed by atoms with E-state index in [1.807, 2.05) is 12.1 Å². The minimum atomic E-state index is -0.638. The third-order valence-electron chi connectivity index (χ3n) is 8.27. The molecule has 1 N–H and O–H groups in total. The van der Waals surface area contributed by atoms with Gasteiger partial charge >= 0.3 is 5.76 Å². The Morgan fingerprint density at radius 3 is 2.59 bits per heavy atom. The maximum absolute atomic E-state index is 11.8. The van der Waals surface area contributed by atoms with Gasteiger partial charge in [0.2, 0.25) is 11.8 Å². The van der Waals surface area contributed by atoms with Crippen molar-refractivity contribution in [1.82, 2.24) is 29.7 Å². The summed E-state index contributed by atoms with van der Waals surface area (Å²) in [6, 6.07) is 3.86. The summed E-state index contributed by atoms with van der Waals surface area (Å²) in [6.45, 7) is 10.3. The van der Waals surface area contributed by atoms with Gasteiger partial charge in [0, 0.05) is 31.0 Å². The molecule has 1 saturated heterocycles. The van der Waals surface area contributed by atoms with Crippen LogP contribution in [0.25, 0.3) is 33.8 Å². The fourth-order valence-electron chi connectivity index (χ4n) is 5.99. The van der Waals surface area contributed by atoms with Gasteiger partial charge in [0.05, 0.1) is 40.0 Å². The number of halogens is 1. The summed E-state index contributed by atoms with van der Waals surface area (Å²) >= 11 is 6.38. The molecule has 3 atom stereocenters. The summed E-state index contributed by atoms with van der Waals surface area (Å²) in [5.74, 6) is 1.82. The van der Waals surface area contributed by atoms with E-state index in [-0.39, 0.29) is 24.1 Å². The molecule has 206 valence electrons. The number of pyridine rings is 2. The van der Waals surface area contributed by atoms with Crippen molar-refractivity contribution in [3.05, 3.63) is 40.1 Å². The number of hydrogen-bond donors (Lipinski definition) is 1. The lowest BCUT2D eigenvalue weighted by molar-refractivity contribution is -0.0265. The first-order chi connectivity index (χ1) is 18.8. The Bertz CT molecular complexity index is 1540. The van der Waals surface area contributed by atoms with Gasteiger partial charge in [-0.05, 0) is 57.6 Å². The molecule has 0 radical (unpaired) electrons.